The predicted octanol–water partition coefficient (Wildman–Crippen LogP) is 4.60. The molecule has 0 spiro atoms. The molecule has 0 radical (unpaired) electrons. The maximum absolute atomic E-state index is 14.6. The van der Waals surface area contributed by atoms with Crippen LogP contribution in [0.1, 0.15) is 52.6 Å². The van der Waals surface area contributed by atoms with Gasteiger partial charge in [-0.1, -0.05) is 67.9 Å². The van der Waals surface area contributed by atoms with Crippen LogP contribution in [-0.4, -0.2) is 75.1 Å². The smallest absolute Gasteiger partial charge is 0.452 e. The number of amides is 3. The number of Topliss-reactive ketones (excluding diaryl/α,β-unsaturated/α-hetero) is 1. The number of methoxy groups -OCH3 is 1. The Morgan fingerprint density at radius 2 is 1.65 bits per heavy atom. The summed E-state index contributed by atoms with van der Waals surface area (Å²) in [6, 6.07) is 14.4. The Morgan fingerprint density at radius 1 is 1.02 bits per heavy atom. The lowest BCUT2D eigenvalue weighted by Gasteiger charge is -2.31. The van der Waals surface area contributed by atoms with Crippen molar-refractivity contribution in [2.45, 2.75) is 62.8 Å². The van der Waals surface area contributed by atoms with Crippen molar-refractivity contribution in [2.24, 2.45) is 17.6 Å². The molecular weight excluding hydrogens is 725 g/mol. The zero-order chi connectivity index (χ0) is 38.3. The Morgan fingerprint density at radius 3 is 2.19 bits per heavy atom. The fourth-order valence-corrected chi connectivity index (χ4v) is 7.31. The van der Waals surface area contributed by atoms with Gasteiger partial charge in [-0.15, -0.1) is 0 Å². The third kappa shape index (κ3) is 9.97. The van der Waals surface area contributed by atoms with Crippen molar-refractivity contribution in [1.82, 2.24) is 15.5 Å². The van der Waals surface area contributed by atoms with E-state index in [0.29, 0.717) is 16.9 Å². The van der Waals surface area contributed by atoms with Crippen molar-refractivity contribution in [3.8, 4) is 5.75 Å². The lowest BCUT2D eigenvalue weighted by molar-refractivity contribution is -0.175. The molecule has 3 aromatic rings. The molecule has 1 aliphatic rings. The Balaban J connectivity index is 1.75. The first kappa shape index (κ1) is 40.5. The molecule has 4 rings (SSSR count). The van der Waals surface area contributed by atoms with Crippen molar-refractivity contribution in [3.63, 3.8) is 0 Å². The summed E-state index contributed by atoms with van der Waals surface area (Å²) in [7, 11) is 1.45. The molecule has 0 aliphatic carbocycles. The fraction of sp³-hybridized carbons (Fsp3) is 0.389. The molecule has 0 aromatic heterocycles. The predicted molar refractivity (Wildman–Crippen MR) is 189 cm³/mol. The second-order valence-electron chi connectivity index (χ2n) is 12.8. The number of nitrogens with one attached hydrogen (secondary N) is 2. The molecule has 5 N–H and O–H groups in total. The molecule has 1 aliphatic heterocycles. The minimum Gasteiger partial charge on any atom is -0.497 e. The van der Waals surface area contributed by atoms with Gasteiger partial charge in [0.1, 0.15) is 17.8 Å². The van der Waals surface area contributed by atoms with Gasteiger partial charge in [-0.3, -0.25) is 19.2 Å². The normalized spacial score (nSPS) is 18.3. The van der Waals surface area contributed by atoms with Crippen molar-refractivity contribution in [2.75, 3.05) is 13.7 Å². The van der Waals surface area contributed by atoms with Crippen LogP contribution < -0.4 is 21.1 Å². The highest BCUT2D eigenvalue weighted by molar-refractivity contribution is 7.79. The number of hydrogen-bond acceptors (Lipinski definition) is 7. The Kier molecular flexibility index (Phi) is 13.6. The van der Waals surface area contributed by atoms with E-state index in [1.54, 1.807) is 60.7 Å². The van der Waals surface area contributed by atoms with Gasteiger partial charge < -0.3 is 30.6 Å². The molecule has 6 atom stereocenters. The number of halogens is 4. The molecule has 16 heteroatoms. The molecule has 1 fully saturated rings. The number of ether oxygens (including phenoxy) is 1. The molecular formula is C36H40ClF3N4O7S. The monoisotopic (exact) mass is 764 g/mol. The number of hydrogen-bond donors (Lipinski definition) is 4. The quantitative estimate of drug-likeness (QED) is 0.173. The standard InChI is InChI=1S/C36H40ClF3N4O7S/c1-20(2)30(32(45)36(38,39)40)43-34(47)29-17-25(31(52(49)50)23-11-13-27(51-3)14-12-23)19-44(29)35(48)28(15-21-7-9-22(18-41)10-8-21)42-33(46)24-5-4-6-26(37)16-24/h4-14,16,20,25,28-31H,15,17-19,41H2,1-3H3,(H,42,46)(H,43,47)(H,49,50)/t25-,28+,29+,30+,31?/m1/s1. The molecule has 2 unspecified atom stereocenters. The van der Waals surface area contributed by atoms with Gasteiger partial charge in [0.25, 0.3) is 11.7 Å². The Hall–Kier alpha value is -4.31. The average molecular weight is 765 g/mol. The number of benzene rings is 3. The average Bonchev–Trinajstić information content (AvgIpc) is 3.54. The van der Waals surface area contributed by atoms with Crippen molar-refractivity contribution in [3.05, 3.63) is 100 Å². The number of carbonyl (C=O) groups is 4. The number of rotatable bonds is 14. The number of likely N-dealkylation sites (tertiary alicyclic amines) is 1. The van der Waals surface area contributed by atoms with Crippen LogP contribution in [0, 0.1) is 11.8 Å². The maximum Gasteiger partial charge on any atom is 0.452 e. The van der Waals surface area contributed by atoms with Crippen molar-refractivity contribution >= 4 is 46.2 Å². The lowest BCUT2D eigenvalue weighted by atomic mass is 9.95. The summed E-state index contributed by atoms with van der Waals surface area (Å²) < 4.78 is 69.2. The van der Waals surface area contributed by atoms with Crippen molar-refractivity contribution in [1.29, 1.82) is 0 Å². The van der Waals surface area contributed by atoms with Crippen LogP contribution in [0.25, 0.3) is 0 Å². The SMILES string of the molecule is COc1ccc(C([C@@H]2C[C@@H](C(=O)N[C@H](C(=O)C(F)(F)F)C(C)C)N(C(=O)[C@H](Cc3ccc(CN)cc3)NC(=O)c3cccc(Cl)c3)C2)S(=O)O)cc1. The summed E-state index contributed by atoms with van der Waals surface area (Å²) in [4.78, 5) is 55.4. The second-order valence-corrected chi connectivity index (χ2v) is 14.3. The van der Waals surface area contributed by atoms with Gasteiger partial charge >= 0.3 is 6.18 Å². The first-order valence-corrected chi connectivity index (χ1v) is 17.9. The Bertz CT molecular complexity index is 1780. The van der Waals surface area contributed by atoms with E-state index in [9.17, 15) is 41.1 Å². The molecule has 280 valence electrons. The summed E-state index contributed by atoms with van der Waals surface area (Å²) >= 11 is 3.57. The van der Waals surface area contributed by atoms with E-state index in [1.165, 1.54) is 33.1 Å². The van der Waals surface area contributed by atoms with Gasteiger partial charge in [0, 0.05) is 30.1 Å². The van der Waals surface area contributed by atoms with Gasteiger partial charge in [-0.25, -0.2) is 4.21 Å². The summed E-state index contributed by atoms with van der Waals surface area (Å²) in [6.07, 6.45) is -5.56. The number of nitrogens with two attached hydrogens (primary N) is 1. The van der Waals surface area contributed by atoms with Gasteiger partial charge in [0.05, 0.1) is 18.4 Å². The lowest BCUT2D eigenvalue weighted by Crippen LogP contribution is -2.57. The minimum absolute atomic E-state index is 0.0689. The highest BCUT2D eigenvalue weighted by atomic mass is 35.5. The van der Waals surface area contributed by atoms with Crippen LogP contribution in [-0.2, 0) is 38.4 Å². The van der Waals surface area contributed by atoms with Crippen LogP contribution >= 0.6 is 11.6 Å². The minimum atomic E-state index is -5.25. The number of carbonyl (C=O) groups excluding carboxylic acids is 4. The number of alkyl halides is 3. The van der Waals surface area contributed by atoms with E-state index in [2.05, 4.69) is 10.6 Å². The highest BCUT2D eigenvalue weighted by Crippen LogP contribution is 2.38. The van der Waals surface area contributed by atoms with E-state index in [4.69, 9.17) is 22.1 Å². The van der Waals surface area contributed by atoms with E-state index in [0.717, 1.165) is 10.5 Å². The molecule has 3 amide bonds. The third-order valence-corrected chi connectivity index (χ3v) is 10.3. The summed E-state index contributed by atoms with van der Waals surface area (Å²) in [6.45, 7) is 2.65. The van der Waals surface area contributed by atoms with E-state index in [-0.39, 0.29) is 36.5 Å². The first-order chi connectivity index (χ1) is 24.5. The molecule has 1 saturated heterocycles. The van der Waals surface area contributed by atoms with Crippen LogP contribution in [0.2, 0.25) is 5.02 Å². The maximum atomic E-state index is 14.6. The summed E-state index contributed by atoms with van der Waals surface area (Å²) in [5.41, 5.74) is 7.68. The zero-order valence-corrected chi connectivity index (χ0v) is 30.1. The molecule has 52 heavy (non-hydrogen) atoms. The molecule has 3 aromatic carbocycles. The topological polar surface area (TPSA) is 168 Å². The zero-order valence-electron chi connectivity index (χ0n) is 28.6. The number of ketones is 1. The highest BCUT2D eigenvalue weighted by Gasteiger charge is 2.49. The molecule has 11 nitrogen and oxygen atoms in total. The van der Waals surface area contributed by atoms with Crippen LogP contribution in [0.3, 0.4) is 0 Å². The van der Waals surface area contributed by atoms with Gasteiger partial charge in [-0.2, -0.15) is 13.2 Å². The van der Waals surface area contributed by atoms with E-state index >= 15 is 0 Å². The summed E-state index contributed by atoms with van der Waals surface area (Å²) in [5, 5.41) is 4.03. The van der Waals surface area contributed by atoms with Gasteiger partial charge in [0.2, 0.25) is 11.8 Å². The van der Waals surface area contributed by atoms with Crippen molar-refractivity contribution < 1.29 is 45.8 Å². The van der Waals surface area contributed by atoms with Gasteiger partial charge in [-0.05, 0) is 65.3 Å². The van der Waals surface area contributed by atoms with Gasteiger partial charge in [0.15, 0.2) is 11.1 Å². The van der Waals surface area contributed by atoms with Crippen LogP contribution in [0.5, 0.6) is 5.75 Å². The second kappa shape index (κ2) is 17.5. The summed E-state index contributed by atoms with van der Waals surface area (Å²) in [5.74, 6) is -6.03. The largest absolute Gasteiger partial charge is 0.497 e. The molecule has 0 bridgehead atoms. The molecule has 1 heterocycles. The number of nitrogens with zero attached hydrogens (tertiary/aromatic N) is 1. The van der Waals surface area contributed by atoms with E-state index in [1.807, 2.05) is 0 Å². The fourth-order valence-electron chi connectivity index (χ4n) is 6.21. The van der Waals surface area contributed by atoms with Crippen LogP contribution in [0.15, 0.2) is 72.8 Å². The third-order valence-electron chi connectivity index (χ3n) is 8.92. The Labute approximate surface area is 306 Å². The van der Waals surface area contributed by atoms with E-state index < -0.39 is 76.0 Å². The first-order valence-electron chi connectivity index (χ1n) is 16.3. The molecule has 0 saturated carbocycles. The van der Waals surface area contributed by atoms with Crippen LogP contribution in [0.4, 0.5) is 13.2 Å².